The third-order valence-electron chi connectivity index (χ3n) is 6.27. The van der Waals surface area contributed by atoms with Gasteiger partial charge in [0.15, 0.2) is 0 Å². The highest BCUT2D eigenvalue weighted by Crippen LogP contribution is 2.37. The molecule has 3 aromatic heterocycles. The number of aromatic nitrogens is 4. The number of aryl methyl sites for hydroxylation is 1. The third-order valence-corrected chi connectivity index (χ3v) is 6.27. The van der Waals surface area contributed by atoms with Crippen molar-refractivity contribution >= 4 is 17.5 Å². The van der Waals surface area contributed by atoms with Crippen LogP contribution in [-0.4, -0.2) is 70.4 Å². The van der Waals surface area contributed by atoms with E-state index in [1.165, 1.54) is 21.3 Å². The molecule has 180 valence electrons. The Hall–Kier alpha value is -4.34. The van der Waals surface area contributed by atoms with Gasteiger partial charge in [0, 0.05) is 43.7 Å². The molecule has 4 aromatic rings. The SMILES string of the molecule is COC(=O)C1CN(C(=O)c2c(OC)cc(-c3cnc4cc(-c5cnn(C)c5)ccn34)cc2OC)C1. The molecule has 4 heterocycles. The Balaban J connectivity index is 1.49. The van der Waals surface area contributed by atoms with Gasteiger partial charge in [-0.3, -0.25) is 18.7 Å². The Bertz CT molecular complexity index is 1410. The fraction of sp³-hybridized carbons (Fsp3) is 0.280. The van der Waals surface area contributed by atoms with E-state index >= 15 is 0 Å². The Morgan fingerprint density at radius 1 is 0.971 bits per heavy atom. The quantitative estimate of drug-likeness (QED) is 0.395. The molecular weight excluding hydrogens is 450 g/mol. The minimum absolute atomic E-state index is 0.260. The zero-order chi connectivity index (χ0) is 24.7. The van der Waals surface area contributed by atoms with Crippen LogP contribution in [0, 0.1) is 5.92 Å². The summed E-state index contributed by atoms with van der Waals surface area (Å²) in [5.41, 5.74) is 4.71. The molecule has 0 spiro atoms. The number of ether oxygens (including phenoxy) is 3. The Kier molecular flexibility index (Phi) is 5.64. The number of nitrogens with zero attached hydrogens (tertiary/aromatic N) is 5. The maximum atomic E-state index is 13.2. The van der Waals surface area contributed by atoms with Crippen molar-refractivity contribution in [2.45, 2.75) is 0 Å². The molecular formula is C25H25N5O5. The molecule has 35 heavy (non-hydrogen) atoms. The highest BCUT2D eigenvalue weighted by molar-refractivity contribution is 6.01. The molecule has 1 aromatic carbocycles. The first kappa shape index (κ1) is 22.5. The summed E-state index contributed by atoms with van der Waals surface area (Å²) in [5.74, 6) is -0.122. The lowest BCUT2D eigenvalue weighted by Crippen LogP contribution is -2.53. The van der Waals surface area contributed by atoms with Crippen LogP contribution in [0.3, 0.4) is 0 Å². The average molecular weight is 476 g/mol. The van der Waals surface area contributed by atoms with E-state index in [-0.39, 0.29) is 17.8 Å². The van der Waals surface area contributed by atoms with Gasteiger partial charge in [-0.25, -0.2) is 4.98 Å². The minimum atomic E-state index is -0.317. The average Bonchev–Trinajstić information content (AvgIpc) is 3.47. The lowest BCUT2D eigenvalue weighted by atomic mass is 9.97. The molecule has 1 amide bonds. The number of methoxy groups -OCH3 is 3. The fourth-order valence-electron chi connectivity index (χ4n) is 4.33. The molecule has 1 saturated heterocycles. The zero-order valence-electron chi connectivity index (χ0n) is 19.9. The number of carbonyl (C=O) groups is 2. The first-order valence-corrected chi connectivity index (χ1v) is 11.0. The first-order valence-electron chi connectivity index (χ1n) is 11.0. The van der Waals surface area contributed by atoms with Crippen LogP contribution >= 0.6 is 0 Å². The van der Waals surface area contributed by atoms with Gasteiger partial charge < -0.3 is 19.1 Å². The normalized spacial score (nSPS) is 13.5. The Labute approximate surface area is 201 Å². The largest absolute Gasteiger partial charge is 0.496 e. The van der Waals surface area contributed by atoms with Crippen LogP contribution in [0.1, 0.15) is 10.4 Å². The topological polar surface area (TPSA) is 100 Å². The molecule has 10 heteroatoms. The monoisotopic (exact) mass is 475 g/mol. The molecule has 1 aliphatic rings. The fourth-order valence-corrected chi connectivity index (χ4v) is 4.33. The van der Waals surface area contributed by atoms with Crippen LogP contribution in [0.4, 0.5) is 0 Å². The highest BCUT2D eigenvalue weighted by Gasteiger charge is 2.38. The lowest BCUT2D eigenvalue weighted by molar-refractivity contribution is -0.149. The number of rotatable bonds is 6. The Morgan fingerprint density at radius 3 is 2.29 bits per heavy atom. The first-order chi connectivity index (χ1) is 16.9. The number of pyridine rings is 1. The summed E-state index contributed by atoms with van der Waals surface area (Å²) in [6, 6.07) is 7.59. The summed E-state index contributed by atoms with van der Waals surface area (Å²) in [5, 5.41) is 4.23. The standard InChI is InChI=1S/C25H25N5O5/c1-28-12-17(10-27-28)15-5-6-30-19(11-26-22(30)9-15)16-7-20(33-2)23(21(8-16)34-3)24(31)29-13-18(14-29)25(32)35-4/h5-12,18H,13-14H2,1-4H3. The van der Waals surface area contributed by atoms with Gasteiger partial charge in [0.2, 0.25) is 0 Å². The van der Waals surface area contributed by atoms with Gasteiger partial charge in [-0.1, -0.05) is 0 Å². The van der Waals surface area contributed by atoms with Crippen molar-refractivity contribution in [3.8, 4) is 33.9 Å². The second-order valence-corrected chi connectivity index (χ2v) is 8.38. The van der Waals surface area contributed by atoms with E-state index in [4.69, 9.17) is 14.2 Å². The van der Waals surface area contributed by atoms with Gasteiger partial charge >= 0.3 is 5.97 Å². The number of hydrogen-bond donors (Lipinski definition) is 0. The molecule has 0 unspecified atom stereocenters. The molecule has 0 N–H and O–H groups in total. The van der Waals surface area contributed by atoms with Crippen molar-refractivity contribution in [3.63, 3.8) is 0 Å². The van der Waals surface area contributed by atoms with Crippen LogP contribution in [0.25, 0.3) is 28.0 Å². The number of hydrogen-bond acceptors (Lipinski definition) is 7. The van der Waals surface area contributed by atoms with Crippen molar-refractivity contribution in [2.24, 2.45) is 13.0 Å². The van der Waals surface area contributed by atoms with Crippen molar-refractivity contribution < 1.29 is 23.8 Å². The third kappa shape index (κ3) is 3.86. The van der Waals surface area contributed by atoms with E-state index in [0.717, 1.165) is 28.0 Å². The van der Waals surface area contributed by atoms with Crippen molar-refractivity contribution in [1.29, 1.82) is 0 Å². The van der Waals surface area contributed by atoms with E-state index in [2.05, 4.69) is 10.1 Å². The molecule has 1 aliphatic heterocycles. The van der Waals surface area contributed by atoms with Crippen LogP contribution in [-0.2, 0) is 16.6 Å². The summed E-state index contributed by atoms with van der Waals surface area (Å²) in [7, 11) is 6.25. The maximum Gasteiger partial charge on any atom is 0.312 e. The van der Waals surface area contributed by atoms with E-state index in [9.17, 15) is 9.59 Å². The lowest BCUT2D eigenvalue weighted by Gasteiger charge is -2.37. The number of imidazole rings is 1. The summed E-state index contributed by atoms with van der Waals surface area (Å²) in [6.07, 6.45) is 7.48. The zero-order valence-corrected chi connectivity index (χ0v) is 19.9. The van der Waals surface area contributed by atoms with Gasteiger partial charge in [0.05, 0.1) is 45.3 Å². The number of carbonyl (C=O) groups excluding carboxylic acids is 2. The summed E-state index contributed by atoms with van der Waals surface area (Å²) in [4.78, 5) is 31.1. The van der Waals surface area contributed by atoms with Gasteiger partial charge in [0.1, 0.15) is 22.7 Å². The van der Waals surface area contributed by atoms with Gasteiger partial charge in [-0.2, -0.15) is 5.10 Å². The summed E-state index contributed by atoms with van der Waals surface area (Å²) >= 11 is 0. The summed E-state index contributed by atoms with van der Waals surface area (Å²) in [6.45, 7) is 0.595. The minimum Gasteiger partial charge on any atom is -0.496 e. The van der Waals surface area contributed by atoms with E-state index in [1.54, 1.807) is 27.9 Å². The van der Waals surface area contributed by atoms with E-state index < -0.39 is 0 Å². The van der Waals surface area contributed by atoms with E-state index in [0.29, 0.717) is 30.2 Å². The summed E-state index contributed by atoms with van der Waals surface area (Å²) < 4.78 is 19.7. The van der Waals surface area contributed by atoms with Crippen molar-refractivity contribution in [2.75, 3.05) is 34.4 Å². The predicted octanol–water partition coefficient (Wildman–Crippen LogP) is 2.66. The molecule has 10 nitrogen and oxygen atoms in total. The van der Waals surface area contributed by atoms with Crippen LogP contribution in [0.5, 0.6) is 11.5 Å². The highest BCUT2D eigenvalue weighted by atomic mass is 16.5. The number of benzene rings is 1. The molecule has 0 bridgehead atoms. The molecule has 1 fully saturated rings. The molecule has 0 saturated carbocycles. The van der Waals surface area contributed by atoms with Crippen LogP contribution in [0.2, 0.25) is 0 Å². The smallest absolute Gasteiger partial charge is 0.312 e. The predicted molar refractivity (Wildman–Crippen MR) is 127 cm³/mol. The Morgan fingerprint density at radius 2 is 1.69 bits per heavy atom. The molecule has 0 aliphatic carbocycles. The maximum absolute atomic E-state index is 13.2. The van der Waals surface area contributed by atoms with Crippen molar-refractivity contribution in [1.82, 2.24) is 24.1 Å². The number of amides is 1. The van der Waals surface area contributed by atoms with Crippen LogP contribution < -0.4 is 9.47 Å². The van der Waals surface area contributed by atoms with E-state index in [1.807, 2.05) is 42.2 Å². The number of fused-ring (bicyclic) bond motifs is 1. The molecule has 0 radical (unpaired) electrons. The number of esters is 1. The molecule has 0 atom stereocenters. The van der Waals surface area contributed by atoms with Crippen LogP contribution in [0.15, 0.2) is 49.1 Å². The number of likely N-dealkylation sites (tertiary alicyclic amines) is 1. The van der Waals surface area contributed by atoms with Gasteiger partial charge in [-0.15, -0.1) is 0 Å². The van der Waals surface area contributed by atoms with Gasteiger partial charge in [-0.05, 0) is 29.8 Å². The second-order valence-electron chi connectivity index (χ2n) is 8.38. The van der Waals surface area contributed by atoms with Gasteiger partial charge in [0.25, 0.3) is 5.91 Å². The molecule has 5 rings (SSSR count). The van der Waals surface area contributed by atoms with Crippen molar-refractivity contribution in [3.05, 3.63) is 54.6 Å². The second kappa shape index (κ2) is 8.79.